The fraction of sp³-hybridized carbons (Fsp3) is 0.417. The van der Waals surface area contributed by atoms with Gasteiger partial charge in [0.15, 0.2) is 0 Å². The minimum absolute atomic E-state index is 0.0109. The Morgan fingerprint density at radius 2 is 1.62 bits per heavy atom. The molecule has 2 aromatic rings. The van der Waals surface area contributed by atoms with E-state index in [9.17, 15) is 13.2 Å². The minimum Gasteiger partial charge on any atom is -0.444 e. The van der Waals surface area contributed by atoms with Gasteiger partial charge in [0.2, 0.25) is 0 Å². The number of ether oxygens (including phenoxy) is 1. The van der Waals surface area contributed by atoms with Gasteiger partial charge in [-0.3, -0.25) is 0 Å². The first-order valence-corrected chi connectivity index (χ1v) is 12.2. The van der Waals surface area contributed by atoms with E-state index in [2.05, 4.69) is 9.93 Å². The highest BCUT2D eigenvalue weighted by Crippen LogP contribution is 2.24. The second-order valence-corrected chi connectivity index (χ2v) is 10.7. The number of piperidine rings is 1. The van der Waals surface area contributed by atoms with E-state index in [1.165, 1.54) is 0 Å². The Morgan fingerprint density at radius 1 is 1.03 bits per heavy atom. The molecule has 1 saturated heterocycles. The van der Waals surface area contributed by atoms with Gasteiger partial charge >= 0.3 is 6.09 Å². The summed E-state index contributed by atoms with van der Waals surface area (Å²) in [6.07, 6.45) is 1.01. The van der Waals surface area contributed by atoms with Gasteiger partial charge in [0.25, 0.3) is 10.0 Å². The molecule has 172 valence electrons. The summed E-state index contributed by atoms with van der Waals surface area (Å²) < 4.78 is 31.0. The van der Waals surface area contributed by atoms with E-state index in [-0.39, 0.29) is 16.9 Å². The highest BCUT2D eigenvalue weighted by atomic mass is 32.2. The van der Waals surface area contributed by atoms with Crippen LogP contribution in [0.5, 0.6) is 0 Å². The number of sulfonamides is 1. The van der Waals surface area contributed by atoms with E-state index < -0.39 is 15.6 Å². The normalized spacial score (nSPS) is 16.0. The maximum absolute atomic E-state index is 12.7. The number of nitrogens with one attached hydrogen (secondary N) is 1. The molecular formula is C24H31N3O4S. The van der Waals surface area contributed by atoms with Crippen molar-refractivity contribution in [1.82, 2.24) is 9.73 Å². The van der Waals surface area contributed by atoms with Crippen LogP contribution in [0.25, 0.3) is 0 Å². The van der Waals surface area contributed by atoms with Gasteiger partial charge in [0.05, 0.1) is 10.6 Å². The van der Waals surface area contributed by atoms with Gasteiger partial charge in [-0.1, -0.05) is 48.0 Å². The summed E-state index contributed by atoms with van der Waals surface area (Å²) >= 11 is 0. The number of likely N-dealkylation sites (tertiary alicyclic amines) is 1. The van der Waals surface area contributed by atoms with Crippen LogP contribution in [-0.2, 0) is 14.8 Å². The highest BCUT2D eigenvalue weighted by Gasteiger charge is 2.30. The lowest BCUT2D eigenvalue weighted by atomic mass is 9.88. The zero-order valence-electron chi connectivity index (χ0n) is 19.0. The Kier molecular flexibility index (Phi) is 7.23. The number of rotatable bonds is 5. The third-order valence-electron chi connectivity index (χ3n) is 5.22. The third-order valence-corrected chi connectivity index (χ3v) is 6.44. The Hall–Kier alpha value is -2.87. The quantitative estimate of drug-likeness (QED) is 0.535. The molecule has 2 aromatic carbocycles. The monoisotopic (exact) mass is 457 g/mol. The maximum Gasteiger partial charge on any atom is 0.410 e. The standard InChI is InChI=1S/C24H31N3O4S/c1-18-10-12-21(13-11-18)32(29,30)26-25-22(19-8-6-5-7-9-19)20-14-16-27(17-15-20)23(28)31-24(2,3)4/h5-13,20,26H,14-17H2,1-4H3/b25-22-. The van der Waals surface area contributed by atoms with Crippen molar-refractivity contribution in [3.8, 4) is 0 Å². The van der Waals surface area contributed by atoms with Gasteiger partial charge in [-0.05, 0) is 58.2 Å². The average Bonchev–Trinajstić information content (AvgIpc) is 2.74. The van der Waals surface area contributed by atoms with Crippen molar-refractivity contribution < 1.29 is 17.9 Å². The Bertz CT molecular complexity index is 1050. The van der Waals surface area contributed by atoms with E-state index in [0.29, 0.717) is 31.6 Å². The third kappa shape index (κ3) is 6.32. The molecule has 3 rings (SSSR count). The van der Waals surface area contributed by atoms with Crippen molar-refractivity contribution in [1.29, 1.82) is 0 Å². The summed E-state index contributed by atoms with van der Waals surface area (Å²) in [7, 11) is -3.79. The first kappa shape index (κ1) is 23.8. The maximum atomic E-state index is 12.7. The van der Waals surface area contributed by atoms with Crippen LogP contribution in [0.2, 0.25) is 0 Å². The van der Waals surface area contributed by atoms with Gasteiger partial charge in [-0.15, -0.1) is 0 Å². The zero-order valence-corrected chi connectivity index (χ0v) is 19.9. The molecule has 8 heteroatoms. The molecule has 0 radical (unpaired) electrons. The summed E-state index contributed by atoms with van der Waals surface area (Å²) in [6.45, 7) is 8.49. The van der Waals surface area contributed by atoms with Crippen LogP contribution in [0.3, 0.4) is 0 Å². The van der Waals surface area contributed by atoms with Crippen molar-refractivity contribution in [2.24, 2.45) is 11.0 Å². The number of hydrogen-bond donors (Lipinski definition) is 1. The van der Waals surface area contributed by atoms with Gasteiger partial charge < -0.3 is 9.64 Å². The van der Waals surface area contributed by atoms with Crippen molar-refractivity contribution in [2.75, 3.05) is 13.1 Å². The molecule has 0 saturated carbocycles. The molecule has 1 aliphatic rings. The molecule has 1 amide bonds. The van der Waals surface area contributed by atoms with Crippen LogP contribution in [0.4, 0.5) is 4.79 Å². The number of amides is 1. The molecular weight excluding hydrogens is 426 g/mol. The van der Waals surface area contributed by atoms with Crippen molar-refractivity contribution in [2.45, 2.75) is 51.0 Å². The van der Waals surface area contributed by atoms with Crippen LogP contribution < -0.4 is 4.83 Å². The lowest BCUT2D eigenvalue weighted by molar-refractivity contribution is 0.0202. The van der Waals surface area contributed by atoms with Crippen LogP contribution >= 0.6 is 0 Å². The molecule has 7 nitrogen and oxygen atoms in total. The van der Waals surface area contributed by atoms with Gasteiger partial charge in [0, 0.05) is 19.0 Å². The van der Waals surface area contributed by atoms with Gasteiger partial charge in [-0.25, -0.2) is 4.79 Å². The molecule has 0 spiro atoms. The van der Waals surface area contributed by atoms with E-state index in [4.69, 9.17) is 4.74 Å². The molecule has 32 heavy (non-hydrogen) atoms. The number of hydrazone groups is 1. The molecule has 0 aromatic heterocycles. The van der Waals surface area contributed by atoms with E-state index >= 15 is 0 Å². The van der Waals surface area contributed by atoms with Crippen LogP contribution in [0.15, 0.2) is 64.6 Å². The average molecular weight is 458 g/mol. The Morgan fingerprint density at radius 3 is 2.19 bits per heavy atom. The fourth-order valence-electron chi connectivity index (χ4n) is 3.54. The second-order valence-electron chi connectivity index (χ2n) is 9.01. The molecule has 1 aliphatic heterocycles. The summed E-state index contributed by atoms with van der Waals surface area (Å²) in [5, 5.41) is 4.36. The minimum atomic E-state index is -3.79. The number of carbonyl (C=O) groups excluding carboxylic acids is 1. The molecule has 1 fully saturated rings. The number of carbonyl (C=O) groups is 1. The summed E-state index contributed by atoms with van der Waals surface area (Å²) in [4.78, 5) is 16.7. The molecule has 1 N–H and O–H groups in total. The predicted molar refractivity (Wildman–Crippen MR) is 125 cm³/mol. The van der Waals surface area contributed by atoms with Gasteiger partial charge in [-0.2, -0.15) is 18.4 Å². The second kappa shape index (κ2) is 9.73. The Labute approximate surface area is 190 Å². The zero-order chi connectivity index (χ0) is 23.4. The first-order chi connectivity index (χ1) is 15.0. The molecule has 0 aliphatic carbocycles. The SMILES string of the molecule is Cc1ccc(S(=O)(=O)N/N=C(/c2ccccc2)C2CCN(C(=O)OC(C)(C)C)CC2)cc1. The molecule has 0 bridgehead atoms. The predicted octanol–water partition coefficient (Wildman–Crippen LogP) is 4.32. The first-order valence-electron chi connectivity index (χ1n) is 10.7. The van der Waals surface area contributed by atoms with Crippen LogP contribution in [0, 0.1) is 12.8 Å². The fourth-order valence-corrected chi connectivity index (χ4v) is 4.36. The molecule has 1 heterocycles. The van der Waals surface area contributed by atoms with E-state index in [0.717, 1.165) is 11.1 Å². The van der Waals surface area contributed by atoms with Crippen molar-refractivity contribution >= 4 is 21.8 Å². The molecule has 0 unspecified atom stereocenters. The Balaban J connectivity index is 1.78. The smallest absolute Gasteiger partial charge is 0.410 e. The van der Waals surface area contributed by atoms with E-state index in [1.54, 1.807) is 29.2 Å². The molecule has 0 atom stereocenters. The topological polar surface area (TPSA) is 88.1 Å². The van der Waals surface area contributed by atoms with Crippen LogP contribution in [-0.4, -0.2) is 43.8 Å². The lowest BCUT2D eigenvalue weighted by Crippen LogP contribution is -2.43. The van der Waals surface area contributed by atoms with Crippen LogP contribution in [0.1, 0.15) is 44.7 Å². The summed E-state index contributed by atoms with van der Waals surface area (Å²) in [5.41, 5.74) is 1.97. The highest BCUT2D eigenvalue weighted by molar-refractivity contribution is 7.89. The number of nitrogens with zero attached hydrogens (tertiary/aromatic N) is 2. The largest absolute Gasteiger partial charge is 0.444 e. The van der Waals surface area contributed by atoms with Crippen molar-refractivity contribution in [3.05, 3.63) is 65.7 Å². The van der Waals surface area contributed by atoms with Gasteiger partial charge in [0.1, 0.15) is 5.60 Å². The number of benzene rings is 2. The van der Waals surface area contributed by atoms with E-state index in [1.807, 2.05) is 58.0 Å². The summed E-state index contributed by atoms with van der Waals surface area (Å²) in [5.74, 6) is 0.0109. The number of aryl methyl sites for hydroxylation is 1. The lowest BCUT2D eigenvalue weighted by Gasteiger charge is -2.34. The van der Waals surface area contributed by atoms with Crippen molar-refractivity contribution in [3.63, 3.8) is 0 Å². The summed E-state index contributed by atoms with van der Waals surface area (Å²) in [6, 6.07) is 16.2. The number of hydrogen-bond acceptors (Lipinski definition) is 5.